The van der Waals surface area contributed by atoms with Crippen molar-refractivity contribution >= 4 is 5.69 Å². The van der Waals surface area contributed by atoms with E-state index in [9.17, 15) is 14.9 Å². The number of ether oxygens (including phenoxy) is 1. The molecule has 7 heteroatoms. The number of aryl methyl sites for hydroxylation is 2. The summed E-state index contributed by atoms with van der Waals surface area (Å²) in [4.78, 5) is 27.2. The fraction of sp³-hybridized carbons (Fsp3) is 0.167. The molecule has 0 atom stereocenters. The molecule has 0 saturated carbocycles. The highest BCUT2D eigenvalue weighted by Crippen LogP contribution is 2.26. The zero-order valence-electron chi connectivity index (χ0n) is 10.3. The van der Waals surface area contributed by atoms with Crippen LogP contribution in [0.4, 0.5) is 5.69 Å². The minimum absolute atomic E-state index is 0.321. The molecule has 1 N–H and O–H groups in total. The second-order valence-electron chi connectivity index (χ2n) is 4.07. The van der Waals surface area contributed by atoms with E-state index >= 15 is 0 Å². The van der Waals surface area contributed by atoms with Crippen LogP contribution in [-0.2, 0) is 0 Å². The molecule has 98 valence electrons. The molecule has 0 radical (unpaired) electrons. The van der Waals surface area contributed by atoms with E-state index in [1.165, 1.54) is 0 Å². The predicted octanol–water partition coefficient (Wildman–Crippen LogP) is 2.09. The van der Waals surface area contributed by atoms with Crippen molar-refractivity contribution in [1.82, 2.24) is 9.97 Å². The zero-order chi connectivity index (χ0) is 14.0. The molecule has 0 aliphatic heterocycles. The van der Waals surface area contributed by atoms with Gasteiger partial charge in [0.1, 0.15) is 5.75 Å². The Hall–Kier alpha value is -2.70. The number of aromatic amines is 1. The summed E-state index contributed by atoms with van der Waals surface area (Å²) >= 11 is 0. The van der Waals surface area contributed by atoms with E-state index < -0.39 is 16.2 Å². The van der Waals surface area contributed by atoms with Crippen molar-refractivity contribution in [3.05, 3.63) is 56.1 Å². The van der Waals surface area contributed by atoms with Gasteiger partial charge in [-0.05, 0) is 37.1 Å². The molecule has 0 aliphatic carbocycles. The first kappa shape index (κ1) is 12.7. The molecule has 0 bridgehead atoms. The van der Waals surface area contributed by atoms with Crippen molar-refractivity contribution in [2.75, 3.05) is 0 Å². The lowest BCUT2D eigenvalue weighted by molar-refractivity contribution is -0.387. The van der Waals surface area contributed by atoms with Gasteiger partial charge in [0, 0.05) is 0 Å². The summed E-state index contributed by atoms with van der Waals surface area (Å²) in [5, 5.41) is 10.8. The van der Waals surface area contributed by atoms with E-state index in [0.29, 0.717) is 5.75 Å². The van der Waals surface area contributed by atoms with Crippen LogP contribution < -0.4 is 10.3 Å². The Kier molecular flexibility index (Phi) is 3.28. The predicted molar refractivity (Wildman–Crippen MR) is 67.5 cm³/mol. The molecule has 1 heterocycles. The van der Waals surface area contributed by atoms with Gasteiger partial charge in [-0.25, -0.2) is 0 Å². The van der Waals surface area contributed by atoms with Gasteiger partial charge in [-0.2, -0.15) is 4.98 Å². The standard InChI is InChI=1S/C12H11N3O4/c1-7-3-8(2)5-9(4-7)19-12-10(15(17)18)11(16)13-6-14-12/h3-6H,1-2H3,(H,13,14,16). The number of rotatable bonds is 3. The maximum Gasteiger partial charge on any atom is 0.395 e. The highest BCUT2D eigenvalue weighted by molar-refractivity contribution is 5.42. The normalized spacial score (nSPS) is 10.2. The molecule has 0 amide bonds. The second-order valence-corrected chi connectivity index (χ2v) is 4.07. The molecule has 1 aromatic heterocycles. The number of nitrogens with zero attached hydrogens (tertiary/aromatic N) is 2. The van der Waals surface area contributed by atoms with E-state index in [-0.39, 0.29) is 5.88 Å². The average Bonchev–Trinajstić information content (AvgIpc) is 2.26. The second kappa shape index (κ2) is 4.89. The molecule has 2 rings (SSSR count). The first-order chi connectivity index (χ1) is 8.97. The van der Waals surface area contributed by atoms with Crippen LogP contribution in [0.3, 0.4) is 0 Å². The lowest BCUT2D eigenvalue weighted by atomic mass is 10.1. The fourth-order valence-corrected chi connectivity index (χ4v) is 1.72. The molecular formula is C12H11N3O4. The van der Waals surface area contributed by atoms with Gasteiger partial charge < -0.3 is 9.72 Å². The molecule has 2 aromatic rings. The van der Waals surface area contributed by atoms with Crippen molar-refractivity contribution in [1.29, 1.82) is 0 Å². The maximum absolute atomic E-state index is 11.4. The van der Waals surface area contributed by atoms with Crippen LogP contribution in [0.1, 0.15) is 11.1 Å². The van der Waals surface area contributed by atoms with Crippen molar-refractivity contribution in [2.24, 2.45) is 0 Å². The number of H-pyrrole nitrogens is 1. The number of nitrogens with one attached hydrogen (secondary N) is 1. The summed E-state index contributed by atoms with van der Waals surface area (Å²) in [6, 6.07) is 5.35. The lowest BCUT2D eigenvalue weighted by Crippen LogP contribution is -2.13. The summed E-state index contributed by atoms with van der Waals surface area (Å²) in [7, 11) is 0. The number of aromatic nitrogens is 2. The van der Waals surface area contributed by atoms with E-state index in [1.807, 2.05) is 19.9 Å². The molecular weight excluding hydrogens is 250 g/mol. The van der Waals surface area contributed by atoms with E-state index in [0.717, 1.165) is 17.5 Å². The highest BCUT2D eigenvalue weighted by Gasteiger charge is 2.22. The topological polar surface area (TPSA) is 98.1 Å². The largest absolute Gasteiger partial charge is 0.433 e. The maximum atomic E-state index is 11.4. The summed E-state index contributed by atoms with van der Waals surface area (Å²) in [6.07, 6.45) is 1.06. The smallest absolute Gasteiger partial charge is 0.395 e. The quantitative estimate of drug-likeness (QED) is 0.673. The van der Waals surface area contributed by atoms with Crippen molar-refractivity contribution in [3.63, 3.8) is 0 Å². The third-order valence-electron chi connectivity index (χ3n) is 2.39. The Bertz CT molecular complexity index is 673. The number of nitro groups is 1. The van der Waals surface area contributed by atoms with Crippen molar-refractivity contribution in [2.45, 2.75) is 13.8 Å². The number of hydrogen-bond donors (Lipinski definition) is 1. The van der Waals surface area contributed by atoms with Crippen LogP contribution in [0, 0.1) is 24.0 Å². The molecule has 1 aromatic carbocycles. The first-order valence-electron chi connectivity index (χ1n) is 5.45. The van der Waals surface area contributed by atoms with Gasteiger partial charge in [0.25, 0.3) is 0 Å². The molecule has 7 nitrogen and oxygen atoms in total. The molecule has 0 fully saturated rings. The van der Waals surface area contributed by atoms with Gasteiger partial charge >= 0.3 is 17.1 Å². The SMILES string of the molecule is Cc1cc(C)cc(Oc2nc[nH]c(=O)c2[N+](=O)[O-])c1. The third-order valence-corrected chi connectivity index (χ3v) is 2.39. The van der Waals surface area contributed by atoms with Crippen LogP contribution in [0.25, 0.3) is 0 Å². The zero-order valence-corrected chi connectivity index (χ0v) is 10.3. The van der Waals surface area contributed by atoms with E-state index in [1.54, 1.807) is 12.1 Å². The third kappa shape index (κ3) is 2.76. The number of benzene rings is 1. The first-order valence-corrected chi connectivity index (χ1v) is 5.45. The Morgan fingerprint density at radius 2 is 1.89 bits per heavy atom. The van der Waals surface area contributed by atoms with Crippen LogP contribution in [0.15, 0.2) is 29.3 Å². The minimum Gasteiger partial charge on any atom is -0.433 e. The Morgan fingerprint density at radius 3 is 2.47 bits per heavy atom. The van der Waals surface area contributed by atoms with E-state index in [4.69, 9.17) is 4.74 Å². The number of hydrogen-bond acceptors (Lipinski definition) is 5. The Morgan fingerprint density at radius 1 is 1.26 bits per heavy atom. The van der Waals surface area contributed by atoms with E-state index in [2.05, 4.69) is 9.97 Å². The molecule has 19 heavy (non-hydrogen) atoms. The molecule has 0 spiro atoms. The van der Waals surface area contributed by atoms with Gasteiger partial charge in [-0.15, -0.1) is 0 Å². The molecule has 0 aliphatic rings. The summed E-state index contributed by atoms with van der Waals surface area (Å²) in [5.41, 5.74) is 0.339. The van der Waals surface area contributed by atoms with Gasteiger partial charge in [0.2, 0.25) is 0 Å². The van der Waals surface area contributed by atoms with Crippen LogP contribution in [0.5, 0.6) is 11.6 Å². The fourth-order valence-electron chi connectivity index (χ4n) is 1.72. The van der Waals surface area contributed by atoms with Crippen LogP contribution in [0.2, 0.25) is 0 Å². The molecule has 0 unspecified atom stereocenters. The van der Waals surface area contributed by atoms with Gasteiger partial charge in [0.15, 0.2) is 0 Å². The average molecular weight is 261 g/mol. The van der Waals surface area contributed by atoms with Gasteiger partial charge in [-0.3, -0.25) is 14.9 Å². The Balaban J connectivity index is 2.46. The van der Waals surface area contributed by atoms with Gasteiger partial charge in [-0.1, -0.05) is 6.07 Å². The van der Waals surface area contributed by atoms with Crippen LogP contribution >= 0.6 is 0 Å². The molecule has 0 saturated heterocycles. The van der Waals surface area contributed by atoms with Gasteiger partial charge in [0.05, 0.1) is 11.3 Å². The summed E-state index contributed by atoms with van der Waals surface area (Å²) < 4.78 is 5.34. The van der Waals surface area contributed by atoms with Crippen molar-refractivity contribution in [3.8, 4) is 11.6 Å². The summed E-state index contributed by atoms with van der Waals surface area (Å²) in [6.45, 7) is 3.75. The lowest BCUT2D eigenvalue weighted by Gasteiger charge is -2.06. The highest BCUT2D eigenvalue weighted by atomic mass is 16.6. The minimum atomic E-state index is -0.848. The monoisotopic (exact) mass is 261 g/mol. The van der Waals surface area contributed by atoms with Crippen molar-refractivity contribution < 1.29 is 9.66 Å². The van der Waals surface area contributed by atoms with Crippen LogP contribution in [-0.4, -0.2) is 14.9 Å². The summed E-state index contributed by atoms with van der Waals surface area (Å²) in [5.74, 6) is 0.0810. The Labute approximate surface area is 108 Å².